The maximum Gasteiger partial charge on any atom is 0.0901 e. The highest BCUT2D eigenvalue weighted by Gasteiger charge is 2.02. The van der Waals surface area contributed by atoms with Gasteiger partial charge in [0.05, 0.1) is 10.7 Å². The van der Waals surface area contributed by atoms with Gasteiger partial charge in [-0.3, -0.25) is 0 Å². The molecule has 0 aliphatic heterocycles. The zero-order valence-electron chi connectivity index (χ0n) is 9.36. The van der Waals surface area contributed by atoms with Crippen molar-refractivity contribution in [1.82, 2.24) is 10.3 Å². The summed E-state index contributed by atoms with van der Waals surface area (Å²) in [6, 6.07) is 8.49. The standard InChI is InChI=1S/C12H14N2S.ClH/c1-9-14-12(8-15-9)11-5-3-4-10(6-11)7-13-2;/h3-6,8,13H,7H2,1-2H3;1H. The molecule has 0 aliphatic rings. The minimum absolute atomic E-state index is 0. The molecule has 0 spiro atoms. The first-order valence-corrected chi connectivity index (χ1v) is 5.83. The average molecular weight is 255 g/mol. The lowest BCUT2D eigenvalue weighted by atomic mass is 10.1. The molecule has 16 heavy (non-hydrogen) atoms. The Hall–Kier alpha value is -0.900. The largest absolute Gasteiger partial charge is 0.316 e. The summed E-state index contributed by atoms with van der Waals surface area (Å²) in [6.07, 6.45) is 0. The van der Waals surface area contributed by atoms with Crippen LogP contribution < -0.4 is 5.32 Å². The summed E-state index contributed by atoms with van der Waals surface area (Å²) in [6.45, 7) is 2.93. The number of nitrogens with one attached hydrogen (secondary N) is 1. The van der Waals surface area contributed by atoms with Gasteiger partial charge in [-0.1, -0.05) is 18.2 Å². The van der Waals surface area contributed by atoms with Gasteiger partial charge in [0.1, 0.15) is 0 Å². The number of hydrogen-bond acceptors (Lipinski definition) is 3. The smallest absolute Gasteiger partial charge is 0.0901 e. The summed E-state index contributed by atoms with van der Waals surface area (Å²) in [4.78, 5) is 4.48. The van der Waals surface area contributed by atoms with Crippen LogP contribution in [0.5, 0.6) is 0 Å². The number of thiazole rings is 1. The highest BCUT2D eigenvalue weighted by Crippen LogP contribution is 2.22. The molecule has 0 radical (unpaired) electrons. The SMILES string of the molecule is CNCc1cccc(-c2csc(C)n2)c1.Cl. The number of halogens is 1. The minimum atomic E-state index is 0. The Morgan fingerprint density at radius 3 is 2.81 bits per heavy atom. The van der Waals surface area contributed by atoms with E-state index in [1.807, 2.05) is 14.0 Å². The van der Waals surface area contributed by atoms with Crippen LogP contribution in [-0.2, 0) is 6.54 Å². The quantitative estimate of drug-likeness (QED) is 0.910. The first-order chi connectivity index (χ1) is 7.29. The number of nitrogens with zero attached hydrogens (tertiary/aromatic N) is 1. The van der Waals surface area contributed by atoms with Crippen molar-refractivity contribution in [2.45, 2.75) is 13.5 Å². The number of hydrogen-bond donors (Lipinski definition) is 1. The molecule has 1 heterocycles. The van der Waals surface area contributed by atoms with Crippen LogP contribution in [0.2, 0.25) is 0 Å². The van der Waals surface area contributed by atoms with Crippen LogP contribution >= 0.6 is 23.7 Å². The lowest BCUT2D eigenvalue weighted by Crippen LogP contribution is -2.04. The molecular formula is C12H15ClN2S. The molecule has 0 bridgehead atoms. The number of aryl methyl sites for hydroxylation is 1. The summed E-state index contributed by atoms with van der Waals surface area (Å²) in [5.41, 5.74) is 3.57. The highest BCUT2D eigenvalue weighted by atomic mass is 35.5. The van der Waals surface area contributed by atoms with Crippen molar-refractivity contribution in [1.29, 1.82) is 0 Å². The van der Waals surface area contributed by atoms with E-state index in [4.69, 9.17) is 0 Å². The van der Waals surface area contributed by atoms with E-state index in [-0.39, 0.29) is 12.4 Å². The van der Waals surface area contributed by atoms with E-state index in [2.05, 4.69) is 39.9 Å². The molecular weight excluding hydrogens is 240 g/mol. The van der Waals surface area contributed by atoms with Gasteiger partial charge in [-0.25, -0.2) is 4.98 Å². The van der Waals surface area contributed by atoms with E-state index in [0.29, 0.717) is 0 Å². The fourth-order valence-corrected chi connectivity index (χ4v) is 2.16. The van der Waals surface area contributed by atoms with Gasteiger partial charge < -0.3 is 5.32 Å². The summed E-state index contributed by atoms with van der Waals surface area (Å²) in [7, 11) is 1.96. The molecule has 0 atom stereocenters. The minimum Gasteiger partial charge on any atom is -0.316 e. The Balaban J connectivity index is 0.00000128. The number of aromatic nitrogens is 1. The predicted octanol–water partition coefficient (Wildman–Crippen LogP) is 3.26. The summed E-state index contributed by atoms with van der Waals surface area (Å²) in [5, 5.41) is 6.37. The molecule has 4 heteroatoms. The molecule has 0 saturated heterocycles. The van der Waals surface area contributed by atoms with Crippen LogP contribution in [0.1, 0.15) is 10.6 Å². The van der Waals surface area contributed by atoms with E-state index in [1.165, 1.54) is 11.1 Å². The third-order valence-electron chi connectivity index (χ3n) is 2.22. The van der Waals surface area contributed by atoms with Gasteiger partial charge >= 0.3 is 0 Å². The lowest BCUT2D eigenvalue weighted by molar-refractivity contribution is 0.818. The molecule has 86 valence electrons. The zero-order chi connectivity index (χ0) is 10.7. The van der Waals surface area contributed by atoms with Crippen molar-refractivity contribution in [2.24, 2.45) is 0 Å². The summed E-state index contributed by atoms with van der Waals surface area (Å²) < 4.78 is 0. The van der Waals surface area contributed by atoms with E-state index >= 15 is 0 Å². The van der Waals surface area contributed by atoms with E-state index in [1.54, 1.807) is 11.3 Å². The van der Waals surface area contributed by atoms with E-state index < -0.39 is 0 Å². The fraction of sp³-hybridized carbons (Fsp3) is 0.250. The van der Waals surface area contributed by atoms with Gasteiger partial charge in [0.25, 0.3) is 0 Å². The highest BCUT2D eigenvalue weighted by molar-refractivity contribution is 7.09. The Morgan fingerprint density at radius 1 is 1.38 bits per heavy atom. The second kappa shape index (κ2) is 5.99. The van der Waals surface area contributed by atoms with Crippen LogP contribution in [0.4, 0.5) is 0 Å². The van der Waals surface area contributed by atoms with Crippen molar-refractivity contribution in [3.05, 3.63) is 40.2 Å². The monoisotopic (exact) mass is 254 g/mol. The molecule has 0 fully saturated rings. The third kappa shape index (κ3) is 3.04. The second-order valence-electron chi connectivity index (χ2n) is 3.48. The van der Waals surface area contributed by atoms with Gasteiger partial charge in [0.2, 0.25) is 0 Å². The summed E-state index contributed by atoms with van der Waals surface area (Å²) in [5.74, 6) is 0. The van der Waals surface area contributed by atoms with Crippen molar-refractivity contribution in [2.75, 3.05) is 7.05 Å². The van der Waals surface area contributed by atoms with Crippen LogP contribution in [-0.4, -0.2) is 12.0 Å². The normalized spacial score (nSPS) is 9.88. The maximum absolute atomic E-state index is 4.48. The van der Waals surface area contributed by atoms with Gasteiger partial charge in [-0.05, 0) is 25.6 Å². The number of rotatable bonds is 3. The van der Waals surface area contributed by atoms with Crippen molar-refractivity contribution in [3.63, 3.8) is 0 Å². The Bertz CT molecular complexity index is 454. The Labute approximate surface area is 106 Å². The molecule has 0 saturated carbocycles. The first kappa shape index (κ1) is 13.2. The van der Waals surface area contributed by atoms with Gasteiger partial charge in [0.15, 0.2) is 0 Å². The average Bonchev–Trinajstić information content (AvgIpc) is 2.66. The Kier molecular flexibility index (Phi) is 4.93. The third-order valence-corrected chi connectivity index (χ3v) is 3.00. The molecule has 2 rings (SSSR count). The molecule has 1 aromatic heterocycles. The predicted molar refractivity (Wildman–Crippen MR) is 72.3 cm³/mol. The van der Waals surface area contributed by atoms with Crippen molar-refractivity contribution >= 4 is 23.7 Å². The Morgan fingerprint density at radius 2 is 2.19 bits per heavy atom. The van der Waals surface area contributed by atoms with Crippen LogP contribution in [0.15, 0.2) is 29.6 Å². The number of benzene rings is 1. The topological polar surface area (TPSA) is 24.9 Å². The second-order valence-corrected chi connectivity index (χ2v) is 4.54. The molecule has 1 N–H and O–H groups in total. The molecule has 0 unspecified atom stereocenters. The van der Waals surface area contributed by atoms with Crippen LogP contribution in [0.3, 0.4) is 0 Å². The van der Waals surface area contributed by atoms with E-state index in [9.17, 15) is 0 Å². The van der Waals surface area contributed by atoms with Gasteiger partial charge in [0, 0.05) is 17.5 Å². The van der Waals surface area contributed by atoms with E-state index in [0.717, 1.165) is 17.2 Å². The van der Waals surface area contributed by atoms with Crippen LogP contribution in [0, 0.1) is 6.92 Å². The molecule has 2 nitrogen and oxygen atoms in total. The molecule has 0 aliphatic carbocycles. The molecule has 0 amide bonds. The molecule has 1 aromatic carbocycles. The first-order valence-electron chi connectivity index (χ1n) is 4.95. The van der Waals surface area contributed by atoms with Gasteiger partial charge in [-0.15, -0.1) is 23.7 Å². The maximum atomic E-state index is 4.48. The summed E-state index contributed by atoms with van der Waals surface area (Å²) >= 11 is 1.69. The lowest BCUT2D eigenvalue weighted by Gasteiger charge is -2.02. The molecule has 2 aromatic rings. The van der Waals surface area contributed by atoms with Crippen molar-refractivity contribution in [3.8, 4) is 11.3 Å². The van der Waals surface area contributed by atoms with Crippen LogP contribution in [0.25, 0.3) is 11.3 Å². The fourth-order valence-electron chi connectivity index (χ4n) is 1.54. The van der Waals surface area contributed by atoms with Gasteiger partial charge in [-0.2, -0.15) is 0 Å². The zero-order valence-corrected chi connectivity index (χ0v) is 11.0. The van der Waals surface area contributed by atoms with Crippen molar-refractivity contribution < 1.29 is 0 Å².